The zero-order chi connectivity index (χ0) is 23.5. The maximum Gasteiger partial charge on any atom is -0.0126 e. The van der Waals surface area contributed by atoms with Crippen molar-refractivity contribution in [2.24, 2.45) is 0 Å². The zero-order valence-corrected chi connectivity index (χ0v) is 20.1. The van der Waals surface area contributed by atoms with E-state index in [-0.39, 0.29) is 5.41 Å². The molecule has 0 unspecified atom stereocenters. The van der Waals surface area contributed by atoms with Crippen molar-refractivity contribution in [2.75, 3.05) is 0 Å². The molecule has 0 aliphatic heterocycles. The van der Waals surface area contributed by atoms with Gasteiger partial charge in [-0.05, 0) is 55.5 Å². The molecular formula is C34H30. The van der Waals surface area contributed by atoms with E-state index >= 15 is 0 Å². The third-order valence-electron chi connectivity index (χ3n) is 6.47. The van der Waals surface area contributed by atoms with Crippen molar-refractivity contribution < 1.29 is 0 Å². The summed E-state index contributed by atoms with van der Waals surface area (Å²) in [6.45, 7) is 6.82. The average molecular weight is 439 g/mol. The monoisotopic (exact) mass is 438 g/mol. The minimum absolute atomic E-state index is 0.115. The average Bonchev–Trinajstić information content (AvgIpc) is 2.89. The first kappa shape index (κ1) is 21.9. The standard InChI is InChI=1S/C34H30/c1-34(2,3)33-12-8-7-11-32(33)31-23-21-30(22-24-31)29-19-17-28(18-20-29)27-15-13-26(14-16-27)25-9-5-4-6-10-25/h4-24H,1-3H3. The van der Waals surface area contributed by atoms with Gasteiger partial charge in [-0.25, -0.2) is 0 Å². The number of rotatable bonds is 4. The minimum atomic E-state index is 0.115. The van der Waals surface area contributed by atoms with Crippen LogP contribution in [-0.4, -0.2) is 0 Å². The Morgan fingerprint density at radius 1 is 0.324 bits per heavy atom. The topological polar surface area (TPSA) is 0 Å². The summed E-state index contributed by atoms with van der Waals surface area (Å²) in [5.74, 6) is 0. The molecule has 0 spiro atoms. The van der Waals surface area contributed by atoms with Crippen LogP contribution in [0.2, 0.25) is 0 Å². The fraction of sp³-hybridized carbons (Fsp3) is 0.118. The number of hydrogen-bond acceptors (Lipinski definition) is 0. The maximum atomic E-state index is 2.27. The highest BCUT2D eigenvalue weighted by Crippen LogP contribution is 2.34. The molecule has 0 heteroatoms. The Labute approximate surface area is 203 Å². The number of benzene rings is 5. The summed E-state index contributed by atoms with van der Waals surface area (Å²) >= 11 is 0. The zero-order valence-electron chi connectivity index (χ0n) is 20.1. The van der Waals surface area contributed by atoms with E-state index in [0.29, 0.717) is 0 Å². The van der Waals surface area contributed by atoms with Crippen LogP contribution in [0.4, 0.5) is 0 Å². The van der Waals surface area contributed by atoms with Crippen LogP contribution in [0.5, 0.6) is 0 Å². The molecule has 0 aliphatic carbocycles. The van der Waals surface area contributed by atoms with E-state index in [1.165, 1.54) is 50.1 Å². The van der Waals surface area contributed by atoms with Crippen LogP contribution in [0, 0.1) is 0 Å². The molecule has 0 N–H and O–H groups in total. The second kappa shape index (κ2) is 9.15. The molecule has 0 heterocycles. The third-order valence-corrected chi connectivity index (χ3v) is 6.47. The van der Waals surface area contributed by atoms with Crippen molar-refractivity contribution in [3.8, 4) is 44.5 Å². The highest BCUT2D eigenvalue weighted by Gasteiger charge is 2.18. The van der Waals surface area contributed by atoms with Gasteiger partial charge in [-0.2, -0.15) is 0 Å². The lowest BCUT2D eigenvalue weighted by Gasteiger charge is -2.23. The minimum Gasteiger partial charge on any atom is -0.0622 e. The van der Waals surface area contributed by atoms with E-state index in [4.69, 9.17) is 0 Å². The lowest BCUT2D eigenvalue weighted by atomic mass is 9.82. The highest BCUT2D eigenvalue weighted by atomic mass is 14.2. The first-order valence-corrected chi connectivity index (χ1v) is 12.0. The quantitative estimate of drug-likeness (QED) is 0.262. The first-order valence-electron chi connectivity index (χ1n) is 12.0. The molecule has 166 valence electrons. The van der Waals surface area contributed by atoms with Gasteiger partial charge in [0.2, 0.25) is 0 Å². The maximum absolute atomic E-state index is 2.27. The van der Waals surface area contributed by atoms with Crippen molar-refractivity contribution in [3.05, 3.63) is 133 Å². The largest absolute Gasteiger partial charge is 0.0622 e. The van der Waals surface area contributed by atoms with Gasteiger partial charge in [-0.3, -0.25) is 0 Å². The molecule has 0 amide bonds. The van der Waals surface area contributed by atoms with Gasteiger partial charge >= 0.3 is 0 Å². The van der Waals surface area contributed by atoms with E-state index in [9.17, 15) is 0 Å². The predicted molar refractivity (Wildman–Crippen MR) is 147 cm³/mol. The summed E-state index contributed by atoms with van der Waals surface area (Å²) in [6.07, 6.45) is 0. The van der Waals surface area contributed by atoms with E-state index < -0.39 is 0 Å². The van der Waals surface area contributed by atoms with Crippen LogP contribution in [0.3, 0.4) is 0 Å². The van der Waals surface area contributed by atoms with Gasteiger partial charge in [0.25, 0.3) is 0 Å². The summed E-state index contributed by atoms with van der Waals surface area (Å²) in [5, 5.41) is 0. The lowest BCUT2D eigenvalue weighted by Crippen LogP contribution is -2.12. The SMILES string of the molecule is CC(C)(C)c1ccccc1-c1ccc(-c2ccc(-c3ccc(-c4ccccc4)cc3)cc2)cc1. The summed E-state index contributed by atoms with van der Waals surface area (Å²) in [6, 6.07) is 45.9. The normalized spacial score (nSPS) is 11.4. The Morgan fingerprint density at radius 2 is 0.647 bits per heavy atom. The van der Waals surface area contributed by atoms with Crippen molar-refractivity contribution in [2.45, 2.75) is 26.2 Å². The molecule has 0 aliphatic rings. The second-order valence-electron chi connectivity index (χ2n) is 9.89. The Bertz CT molecular complexity index is 1370. The molecule has 0 bridgehead atoms. The molecular weight excluding hydrogens is 408 g/mol. The summed E-state index contributed by atoms with van der Waals surface area (Å²) in [7, 11) is 0. The Balaban J connectivity index is 1.36. The van der Waals surface area contributed by atoms with Gasteiger partial charge in [0.05, 0.1) is 0 Å². The molecule has 5 aromatic rings. The summed E-state index contributed by atoms with van der Waals surface area (Å²) in [4.78, 5) is 0. The molecule has 0 saturated carbocycles. The van der Waals surface area contributed by atoms with Crippen LogP contribution in [0.25, 0.3) is 44.5 Å². The predicted octanol–water partition coefficient (Wildman–Crippen LogP) is 9.65. The van der Waals surface area contributed by atoms with E-state index in [1.54, 1.807) is 0 Å². The first-order chi connectivity index (χ1) is 16.5. The van der Waals surface area contributed by atoms with Crippen molar-refractivity contribution in [3.63, 3.8) is 0 Å². The smallest absolute Gasteiger partial charge is 0.0126 e. The van der Waals surface area contributed by atoms with Crippen LogP contribution >= 0.6 is 0 Å². The van der Waals surface area contributed by atoms with Gasteiger partial charge in [-0.15, -0.1) is 0 Å². The third kappa shape index (κ3) is 4.58. The molecule has 34 heavy (non-hydrogen) atoms. The van der Waals surface area contributed by atoms with Crippen LogP contribution in [0.15, 0.2) is 127 Å². The Morgan fingerprint density at radius 3 is 1.06 bits per heavy atom. The Hall–Kier alpha value is -3.90. The van der Waals surface area contributed by atoms with Crippen molar-refractivity contribution in [1.82, 2.24) is 0 Å². The van der Waals surface area contributed by atoms with Crippen LogP contribution in [-0.2, 0) is 5.41 Å². The van der Waals surface area contributed by atoms with Crippen molar-refractivity contribution in [1.29, 1.82) is 0 Å². The van der Waals surface area contributed by atoms with E-state index in [2.05, 4.69) is 148 Å². The lowest BCUT2D eigenvalue weighted by molar-refractivity contribution is 0.592. The molecule has 5 rings (SSSR count). The fourth-order valence-corrected chi connectivity index (χ4v) is 4.57. The van der Waals surface area contributed by atoms with Crippen molar-refractivity contribution >= 4 is 0 Å². The second-order valence-corrected chi connectivity index (χ2v) is 9.89. The molecule has 0 saturated heterocycles. The van der Waals surface area contributed by atoms with E-state index in [1.807, 2.05) is 0 Å². The van der Waals surface area contributed by atoms with Gasteiger partial charge < -0.3 is 0 Å². The van der Waals surface area contributed by atoms with Gasteiger partial charge in [0, 0.05) is 0 Å². The highest BCUT2D eigenvalue weighted by molar-refractivity contribution is 5.76. The molecule has 0 aromatic heterocycles. The summed E-state index contributed by atoms with van der Waals surface area (Å²) in [5.41, 5.74) is 11.5. The van der Waals surface area contributed by atoms with Crippen LogP contribution in [0.1, 0.15) is 26.3 Å². The molecule has 0 nitrogen and oxygen atoms in total. The molecule has 0 fully saturated rings. The molecule has 0 radical (unpaired) electrons. The van der Waals surface area contributed by atoms with Gasteiger partial charge in [-0.1, -0.05) is 148 Å². The van der Waals surface area contributed by atoms with Gasteiger partial charge in [0.1, 0.15) is 0 Å². The summed E-state index contributed by atoms with van der Waals surface area (Å²) < 4.78 is 0. The molecule has 5 aromatic carbocycles. The van der Waals surface area contributed by atoms with Gasteiger partial charge in [0.15, 0.2) is 0 Å². The Kier molecular flexibility index (Phi) is 5.90. The fourth-order valence-electron chi connectivity index (χ4n) is 4.57. The van der Waals surface area contributed by atoms with Crippen LogP contribution < -0.4 is 0 Å². The number of hydrogen-bond donors (Lipinski definition) is 0. The van der Waals surface area contributed by atoms with E-state index in [0.717, 1.165) is 0 Å². The molecule has 0 atom stereocenters.